The largest absolute Gasteiger partial charge is 0.472 e. The Bertz CT molecular complexity index is 752. The minimum Gasteiger partial charge on any atom is -0.472 e. The van der Waals surface area contributed by atoms with E-state index < -0.39 is 0 Å². The van der Waals surface area contributed by atoms with E-state index in [1.165, 1.54) is 11.3 Å². The average Bonchev–Trinajstić information content (AvgIpc) is 3.30. The van der Waals surface area contributed by atoms with Gasteiger partial charge in [-0.25, -0.2) is 4.98 Å². The number of aromatic amines is 1. The Morgan fingerprint density at radius 3 is 3.00 bits per heavy atom. The summed E-state index contributed by atoms with van der Waals surface area (Å²) in [5.74, 6) is 0. The number of furan rings is 1. The minimum atomic E-state index is 0.138. The maximum atomic E-state index is 5.86. The first-order chi connectivity index (χ1) is 11.9. The van der Waals surface area contributed by atoms with Crippen LogP contribution in [0.1, 0.15) is 28.6 Å². The molecule has 1 aromatic carbocycles. The molecule has 24 heavy (non-hydrogen) atoms. The van der Waals surface area contributed by atoms with Gasteiger partial charge in [-0.3, -0.25) is 4.90 Å². The number of fused-ring (bicyclic) bond motifs is 1. The number of hydrogen-bond donors (Lipinski definition) is 1. The van der Waals surface area contributed by atoms with Crippen LogP contribution >= 0.6 is 0 Å². The molecule has 1 atom stereocenters. The van der Waals surface area contributed by atoms with Crippen LogP contribution in [0.25, 0.3) is 0 Å². The molecule has 4 rings (SSSR count). The first-order valence-electron chi connectivity index (χ1n) is 8.32. The summed E-state index contributed by atoms with van der Waals surface area (Å²) in [4.78, 5) is 10.2. The second-order valence-corrected chi connectivity index (χ2v) is 6.05. The first kappa shape index (κ1) is 15.2. The van der Waals surface area contributed by atoms with E-state index in [0.29, 0.717) is 13.2 Å². The van der Waals surface area contributed by atoms with Crippen LogP contribution in [0.4, 0.5) is 0 Å². The van der Waals surface area contributed by atoms with E-state index in [2.05, 4.69) is 27.0 Å². The molecule has 5 heteroatoms. The number of nitrogens with one attached hydrogen (secondary N) is 1. The quantitative estimate of drug-likeness (QED) is 0.708. The SMILES string of the molecule is c1ccc(COCCN2CCc3[nH]cnc3[C@@H]2c2ccoc2)cc1. The highest BCUT2D eigenvalue weighted by atomic mass is 16.5. The molecule has 5 nitrogen and oxygen atoms in total. The number of nitrogens with zero attached hydrogens (tertiary/aromatic N) is 2. The topological polar surface area (TPSA) is 54.3 Å². The lowest BCUT2D eigenvalue weighted by Gasteiger charge is -2.34. The van der Waals surface area contributed by atoms with Gasteiger partial charge in [0.25, 0.3) is 0 Å². The number of imidazole rings is 1. The molecule has 1 aliphatic heterocycles. The molecule has 1 N–H and O–H groups in total. The Morgan fingerprint density at radius 2 is 2.17 bits per heavy atom. The summed E-state index contributed by atoms with van der Waals surface area (Å²) < 4.78 is 11.2. The highest BCUT2D eigenvalue weighted by Gasteiger charge is 2.31. The smallest absolute Gasteiger partial charge is 0.0954 e. The van der Waals surface area contributed by atoms with Gasteiger partial charge < -0.3 is 14.1 Å². The first-order valence-corrected chi connectivity index (χ1v) is 8.32. The van der Waals surface area contributed by atoms with Gasteiger partial charge in [0.1, 0.15) is 0 Å². The number of hydrogen-bond acceptors (Lipinski definition) is 4. The highest BCUT2D eigenvalue weighted by Crippen LogP contribution is 2.33. The fraction of sp³-hybridized carbons (Fsp3) is 0.316. The Labute approximate surface area is 141 Å². The summed E-state index contributed by atoms with van der Waals surface area (Å²) in [7, 11) is 0. The number of aromatic nitrogens is 2. The predicted octanol–water partition coefficient (Wildman–Crippen LogP) is 3.17. The molecule has 1 aliphatic rings. The number of ether oxygens (including phenoxy) is 1. The lowest BCUT2D eigenvalue weighted by molar-refractivity contribution is 0.0797. The van der Waals surface area contributed by atoms with Crippen LogP contribution in [0.5, 0.6) is 0 Å². The fourth-order valence-corrected chi connectivity index (χ4v) is 3.31. The second-order valence-electron chi connectivity index (χ2n) is 6.05. The lowest BCUT2D eigenvalue weighted by Crippen LogP contribution is -2.38. The van der Waals surface area contributed by atoms with E-state index in [0.717, 1.165) is 30.8 Å². The second kappa shape index (κ2) is 7.03. The van der Waals surface area contributed by atoms with Crippen LogP contribution < -0.4 is 0 Å². The monoisotopic (exact) mass is 323 g/mol. The summed E-state index contributed by atoms with van der Waals surface area (Å²) in [6, 6.07) is 12.4. The van der Waals surface area contributed by atoms with Gasteiger partial charge in [-0.05, 0) is 11.6 Å². The van der Waals surface area contributed by atoms with Crippen LogP contribution in [-0.2, 0) is 17.8 Å². The molecule has 3 heterocycles. The molecule has 0 fully saturated rings. The summed E-state index contributed by atoms with van der Waals surface area (Å²) in [5, 5.41) is 0. The Kier molecular flexibility index (Phi) is 4.44. The van der Waals surface area contributed by atoms with Gasteiger partial charge in [0.05, 0.1) is 43.8 Å². The van der Waals surface area contributed by atoms with Gasteiger partial charge in [0.15, 0.2) is 0 Å². The van der Waals surface area contributed by atoms with Gasteiger partial charge in [-0.15, -0.1) is 0 Å². The van der Waals surface area contributed by atoms with Crippen LogP contribution in [-0.4, -0.2) is 34.6 Å². The van der Waals surface area contributed by atoms with Gasteiger partial charge in [-0.2, -0.15) is 0 Å². The Balaban J connectivity index is 1.40. The van der Waals surface area contributed by atoms with E-state index in [1.807, 2.05) is 30.5 Å². The number of H-pyrrole nitrogens is 1. The van der Waals surface area contributed by atoms with Crippen molar-refractivity contribution in [2.45, 2.75) is 19.1 Å². The third-order valence-electron chi connectivity index (χ3n) is 4.52. The summed E-state index contributed by atoms with van der Waals surface area (Å²) >= 11 is 0. The van der Waals surface area contributed by atoms with Gasteiger partial charge >= 0.3 is 0 Å². The van der Waals surface area contributed by atoms with Crippen molar-refractivity contribution in [2.75, 3.05) is 19.7 Å². The molecular formula is C19H21N3O2. The summed E-state index contributed by atoms with van der Waals surface area (Å²) in [6.45, 7) is 3.20. The molecular weight excluding hydrogens is 302 g/mol. The van der Waals surface area contributed by atoms with Crippen LogP contribution in [0.2, 0.25) is 0 Å². The number of rotatable bonds is 6. The Morgan fingerprint density at radius 1 is 1.25 bits per heavy atom. The molecule has 0 aliphatic carbocycles. The fourth-order valence-electron chi connectivity index (χ4n) is 3.31. The minimum absolute atomic E-state index is 0.138. The van der Waals surface area contributed by atoms with Crippen molar-refractivity contribution in [3.8, 4) is 0 Å². The van der Waals surface area contributed by atoms with Gasteiger partial charge in [0, 0.05) is 30.8 Å². The maximum absolute atomic E-state index is 5.86. The number of benzene rings is 1. The van der Waals surface area contributed by atoms with E-state index in [9.17, 15) is 0 Å². The van der Waals surface area contributed by atoms with Crippen molar-refractivity contribution in [1.82, 2.24) is 14.9 Å². The summed E-state index contributed by atoms with van der Waals surface area (Å²) in [6.07, 6.45) is 6.31. The van der Waals surface area contributed by atoms with E-state index in [-0.39, 0.29) is 6.04 Å². The van der Waals surface area contributed by atoms with Crippen LogP contribution in [0, 0.1) is 0 Å². The molecule has 3 aromatic rings. The van der Waals surface area contributed by atoms with Crippen molar-refractivity contribution in [2.24, 2.45) is 0 Å². The Hall–Kier alpha value is -2.37. The normalized spacial score (nSPS) is 17.8. The van der Waals surface area contributed by atoms with E-state index >= 15 is 0 Å². The molecule has 124 valence electrons. The molecule has 0 saturated carbocycles. The standard InChI is InChI=1S/C19H21N3O2/c1-2-4-15(5-3-1)12-24-11-9-22-8-6-17-18(21-14-20-17)19(22)16-7-10-23-13-16/h1-5,7,10,13-14,19H,6,8-9,11-12H2,(H,20,21)/t19-/m0/s1. The van der Waals surface area contributed by atoms with Crippen molar-refractivity contribution < 1.29 is 9.15 Å². The van der Waals surface area contributed by atoms with Crippen molar-refractivity contribution in [3.05, 3.63) is 77.8 Å². The van der Waals surface area contributed by atoms with Gasteiger partial charge in [0.2, 0.25) is 0 Å². The zero-order valence-electron chi connectivity index (χ0n) is 13.5. The molecule has 0 bridgehead atoms. The molecule has 0 spiro atoms. The van der Waals surface area contributed by atoms with E-state index in [1.54, 1.807) is 12.6 Å². The molecule has 0 radical (unpaired) electrons. The molecule has 0 amide bonds. The maximum Gasteiger partial charge on any atom is 0.0954 e. The van der Waals surface area contributed by atoms with Gasteiger partial charge in [-0.1, -0.05) is 30.3 Å². The highest BCUT2D eigenvalue weighted by molar-refractivity contribution is 5.30. The van der Waals surface area contributed by atoms with E-state index in [4.69, 9.17) is 9.15 Å². The summed E-state index contributed by atoms with van der Waals surface area (Å²) in [5.41, 5.74) is 4.68. The predicted molar refractivity (Wildman–Crippen MR) is 90.5 cm³/mol. The molecule has 2 aromatic heterocycles. The van der Waals surface area contributed by atoms with Crippen molar-refractivity contribution in [1.29, 1.82) is 0 Å². The molecule has 0 unspecified atom stereocenters. The van der Waals surface area contributed by atoms with Crippen LogP contribution in [0.15, 0.2) is 59.7 Å². The molecule has 0 saturated heterocycles. The third-order valence-corrected chi connectivity index (χ3v) is 4.52. The lowest BCUT2D eigenvalue weighted by atomic mass is 9.98. The van der Waals surface area contributed by atoms with Crippen LogP contribution in [0.3, 0.4) is 0 Å². The average molecular weight is 323 g/mol. The van der Waals surface area contributed by atoms with Crippen molar-refractivity contribution in [3.63, 3.8) is 0 Å². The zero-order valence-corrected chi connectivity index (χ0v) is 13.5. The zero-order chi connectivity index (χ0) is 16.2. The van der Waals surface area contributed by atoms with Crippen molar-refractivity contribution >= 4 is 0 Å². The third kappa shape index (κ3) is 3.13.